The number of nitrogens with one attached hydrogen (secondary N) is 1. The van der Waals surface area contributed by atoms with Gasteiger partial charge in [-0.25, -0.2) is 0 Å². The van der Waals surface area contributed by atoms with E-state index in [1.54, 1.807) is 13.1 Å². The molecule has 3 N–H and O–H groups in total. The SMILES string of the molecule is CC(C=N)=C(N)c1ccccn1. The zero-order valence-electron chi connectivity index (χ0n) is 6.91. The largest absolute Gasteiger partial charge is 0.397 e. The van der Waals surface area contributed by atoms with Crippen LogP contribution in [0.4, 0.5) is 0 Å². The topological polar surface area (TPSA) is 62.8 Å². The lowest BCUT2D eigenvalue weighted by molar-refractivity contribution is 1.25. The summed E-state index contributed by atoms with van der Waals surface area (Å²) in [7, 11) is 0. The van der Waals surface area contributed by atoms with Gasteiger partial charge in [-0.05, 0) is 24.6 Å². The normalized spacial score (nSPS) is 12.1. The van der Waals surface area contributed by atoms with Gasteiger partial charge in [0.05, 0.1) is 11.4 Å². The maximum absolute atomic E-state index is 7.00. The highest BCUT2D eigenvalue weighted by Gasteiger charge is 1.98. The first-order valence-corrected chi connectivity index (χ1v) is 3.64. The molecule has 0 aromatic carbocycles. The van der Waals surface area contributed by atoms with Crippen LogP contribution in [0.25, 0.3) is 5.70 Å². The number of nitrogens with zero attached hydrogens (tertiary/aromatic N) is 1. The number of rotatable bonds is 2. The standard InChI is InChI=1S/C9H11N3/c1-7(6-10)9(11)8-4-2-3-5-12-8/h2-6,10H,11H2,1H3. The first-order valence-electron chi connectivity index (χ1n) is 3.64. The molecule has 0 bridgehead atoms. The minimum Gasteiger partial charge on any atom is -0.397 e. The third-order valence-electron chi connectivity index (χ3n) is 1.58. The van der Waals surface area contributed by atoms with E-state index in [1.807, 2.05) is 18.2 Å². The maximum atomic E-state index is 7.00. The van der Waals surface area contributed by atoms with E-state index in [0.717, 1.165) is 11.3 Å². The van der Waals surface area contributed by atoms with Crippen LogP contribution in [0.5, 0.6) is 0 Å². The highest BCUT2D eigenvalue weighted by molar-refractivity contribution is 5.86. The summed E-state index contributed by atoms with van der Waals surface area (Å²) in [5, 5.41) is 7.00. The third-order valence-corrected chi connectivity index (χ3v) is 1.58. The molecule has 0 spiro atoms. The molecule has 0 fully saturated rings. The van der Waals surface area contributed by atoms with E-state index in [4.69, 9.17) is 11.1 Å². The fraction of sp³-hybridized carbons (Fsp3) is 0.111. The molecular weight excluding hydrogens is 150 g/mol. The van der Waals surface area contributed by atoms with Crippen LogP contribution in [-0.2, 0) is 0 Å². The maximum Gasteiger partial charge on any atom is 0.0862 e. The van der Waals surface area contributed by atoms with Crippen molar-refractivity contribution < 1.29 is 0 Å². The lowest BCUT2D eigenvalue weighted by Gasteiger charge is -2.01. The Morgan fingerprint density at radius 1 is 1.58 bits per heavy atom. The number of aromatic nitrogens is 1. The molecular formula is C9H11N3. The average Bonchev–Trinajstić information content (AvgIpc) is 2.17. The lowest BCUT2D eigenvalue weighted by atomic mass is 10.2. The molecule has 1 rings (SSSR count). The van der Waals surface area contributed by atoms with Gasteiger partial charge in [0, 0.05) is 12.4 Å². The van der Waals surface area contributed by atoms with Crippen molar-refractivity contribution in [1.82, 2.24) is 4.98 Å². The lowest BCUT2D eigenvalue weighted by Crippen LogP contribution is -2.02. The zero-order chi connectivity index (χ0) is 8.97. The van der Waals surface area contributed by atoms with Gasteiger partial charge >= 0.3 is 0 Å². The Kier molecular flexibility index (Phi) is 2.58. The molecule has 12 heavy (non-hydrogen) atoms. The van der Waals surface area contributed by atoms with Crippen LogP contribution in [0.2, 0.25) is 0 Å². The quantitative estimate of drug-likeness (QED) is 0.644. The molecule has 0 unspecified atom stereocenters. The predicted molar refractivity (Wildman–Crippen MR) is 49.8 cm³/mol. The number of allylic oxidation sites excluding steroid dienone is 1. The second kappa shape index (κ2) is 3.67. The van der Waals surface area contributed by atoms with E-state index in [2.05, 4.69) is 4.98 Å². The Hall–Kier alpha value is -1.64. The van der Waals surface area contributed by atoms with Crippen LogP contribution < -0.4 is 5.73 Å². The molecule has 0 amide bonds. The summed E-state index contributed by atoms with van der Waals surface area (Å²) >= 11 is 0. The summed E-state index contributed by atoms with van der Waals surface area (Å²) in [6.45, 7) is 1.79. The van der Waals surface area contributed by atoms with Crippen molar-refractivity contribution >= 4 is 11.9 Å². The number of hydrogen-bond acceptors (Lipinski definition) is 3. The fourth-order valence-corrected chi connectivity index (χ4v) is 0.802. The van der Waals surface area contributed by atoms with Crippen molar-refractivity contribution in [2.75, 3.05) is 0 Å². The number of nitrogens with two attached hydrogens (primary N) is 1. The molecule has 0 saturated heterocycles. The molecule has 1 aromatic heterocycles. The molecule has 0 saturated carbocycles. The average molecular weight is 161 g/mol. The monoisotopic (exact) mass is 161 g/mol. The number of pyridine rings is 1. The molecule has 0 aliphatic rings. The molecule has 3 heteroatoms. The van der Waals surface area contributed by atoms with E-state index in [0.29, 0.717) is 5.70 Å². The molecule has 1 heterocycles. The van der Waals surface area contributed by atoms with Crippen molar-refractivity contribution in [3.63, 3.8) is 0 Å². The highest BCUT2D eigenvalue weighted by Crippen LogP contribution is 2.07. The van der Waals surface area contributed by atoms with Gasteiger partial charge in [-0.1, -0.05) is 6.07 Å². The van der Waals surface area contributed by atoms with Crippen LogP contribution in [-0.4, -0.2) is 11.2 Å². The van der Waals surface area contributed by atoms with E-state index in [9.17, 15) is 0 Å². The van der Waals surface area contributed by atoms with Crippen molar-refractivity contribution in [2.24, 2.45) is 5.73 Å². The second-order valence-corrected chi connectivity index (χ2v) is 2.46. The van der Waals surface area contributed by atoms with Gasteiger partial charge < -0.3 is 11.1 Å². The molecule has 62 valence electrons. The molecule has 0 atom stereocenters. The van der Waals surface area contributed by atoms with Gasteiger partial charge in [-0.2, -0.15) is 0 Å². The van der Waals surface area contributed by atoms with Crippen LogP contribution in [0, 0.1) is 5.41 Å². The van der Waals surface area contributed by atoms with E-state index in [1.165, 1.54) is 6.21 Å². The van der Waals surface area contributed by atoms with E-state index < -0.39 is 0 Å². The number of hydrogen-bond donors (Lipinski definition) is 2. The Bertz CT molecular complexity index is 301. The fourth-order valence-electron chi connectivity index (χ4n) is 0.802. The summed E-state index contributed by atoms with van der Waals surface area (Å²) in [6, 6.07) is 5.52. The van der Waals surface area contributed by atoms with E-state index in [-0.39, 0.29) is 0 Å². The van der Waals surface area contributed by atoms with Crippen molar-refractivity contribution in [3.8, 4) is 0 Å². The minimum atomic E-state index is 0.561. The van der Waals surface area contributed by atoms with Gasteiger partial charge in [-0.3, -0.25) is 4.98 Å². The summed E-state index contributed by atoms with van der Waals surface area (Å²) in [6.07, 6.45) is 2.91. The van der Waals surface area contributed by atoms with Gasteiger partial charge in [-0.15, -0.1) is 0 Å². The smallest absolute Gasteiger partial charge is 0.0862 e. The molecule has 0 aliphatic carbocycles. The third kappa shape index (κ3) is 1.69. The van der Waals surface area contributed by atoms with Gasteiger partial charge in [0.2, 0.25) is 0 Å². The Morgan fingerprint density at radius 2 is 2.33 bits per heavy atom. The molecule has 0 radical (unpaired) electrons. The van der Waals surface area contributed by atoms with Crippen molar-refractivity contribution in [3.05, 3.63) is 35.7 Å². The summed E-state index contributed by atoms with van der Waals surface area (Å²) in [4.78, 5) is 4.06. The molecule has 0 aliphatic heterocycles. The van der Waals surface area contributed by atoms with E-state index >= 15 is 0 Å². The Morgan fingerprint density at radius 3 is 2.83 bits per heavy atom. The van der Waals surface area contributed by atoms with Crippen LogP contribution in [0.3, 0.4) is 0 Å². The van der Waals surface area contributed by atoms with Gasteiger partial charge in [0.15, 0.2) is 0 Å². The minimum absolute atomic E-state index is 0.561. The van der Waals surface area contributed by atoms with Crippen LogP contribution in [0.15, 0.2) is 30.0 Å². The van der Waals surface area contributed by atoms with Crippen molar-refractivity contribution in [2.45, 2.75) is 6.92 Å². The summed E-state index contributed by atoms with van der Waals surface area (Å²) in [5.41, 5.74) is 7.73. The van der Waals surface area contributed by atoms with Crippen molar-refractivity contribution in [1.29, 1.82) is 5.41 Å². The molecule has 1 aromatic rings. The van der Waals surface area contributed by atoms with Crippen LogP contribution in [0.1, 0.15) is 12.6 Å². The highest BCUT2D eigenvalue weighted by atomic mass is 14.7. The Labute approximate surface area is 71.4 Å². The molecule has 3 nitrogen and oxygen atoms in total. The predicted octanol–water partition coefficient (Wildman–Crippen LogP) is 1.42. The first kappa shape index (κ1) is 8.46. The first-order chi connectivity index (χ1) is 5.75. The zero-order valence-corrected chi connectivity index (χ0v) is 6.91. The Balaban J connectivity index is 3.08. The second-order valence-electron chi connectivity index (χ2n) is 2.46. The van der Waals surface area contributed by atoms with Gasteiger partial charge in [0.25, 0.3) is 0 Å². The summed E-state index contributed by atoms with van der Waals surface area (Å²) < 4.78 is 0. The summed E-state index contributed by atoms with van der Waals surface area (Å²) in [5.74, 6) is 0. The van der Waals surface area contributed by atoms with Crippen LogP contribution >= 0.6 is 0 Å². The van der Waals surface area contributed by atoms with Gasteiger partial charge in [0.1, 0.15) is 0 Å².